The molecule has 0 aliphatic heterocycles. The molecular formula is C15H11F3O3. The van der Waals surface area contributed by atoms with Crippen molar-refractivity contribution in [1.82, 2.24) is 0 Å². The van der Waals surface area contributed by atoms with Gasteiger partial charge in [-0.2, -0.15) is 13.2 Å². The molecule has 0 atom stereocenters. The molecule has 0 saturated carbocycles. The summed E-state index contributed by atoms with van der Waals surface area (Å²) in [6, 6.07) is 8.79. The fourth-order valence-electron chi connectivity index (χ4n) is 1.90. The number of alkyl halides is 3. The Kier molecular flexibility index (Phi) is 3.88. The number of halogens is 3. The molecule has 0 amide bonds. The number of ether oxygens (including phenoxy) is 1. The van der Waals surface area contributed by atoms with E-state index in [0.29, 0.717) is 11.1 Å². The lowest BCUT2D eigenvalue weighted by Gasteiger charge is -2.11. The number of aromatic carboxylic acids is 1. The Morgan fingerprint density at radius 1 is 1.10 bits per heavy atom. The van der Waals surface area contributed by atoms with Crippen LogP contribution in [0.3, 0.4) is 0 Å². The van der Waals surface area contributed by atoms with E-state index in [1.54, 1.807) is 0 Å². The molecule has 21 heavy (non-hydrogen) atoms. The Hall–Kier alpha value is -2.50. The first kappa shape index (κ1) is 14.9. The van der Waals surface area contributed by atoms with Crippen LogP contribution in [0.25, 0.3) is 11.1 Å². The molecule has 0 saturated heterocycles. The van der Waals surface area contributed by atoms with Gasteiger partial charge in [0.2, 0.25) is 0 Å². The molecule has 2 aromatic carbocycles. The summed E-state index contributed by atoms with van der Waals surface area (Å²) in [5.74, 6) is -0.818. The van der Waals surface area contributed by atoms with Crippen molar-refractivity contribution < 1.29 is 27.8 Å². The van der Waals surface area contributed by atoms with Gasteiger partial charge in [-0.1, -0.05) is 12.1 Å². The molecule has 0 heterocycles. The van der Waals surface area contributed by atoms with Gasteiger partial charge < -0.3 is 9.84 Å². The Balaban J connectivity index is 2.44. The van der Waals surface area contributed by atoms with Crippen LogP contribution in [0.4, 0.5) is 13.2 Å². The van der Waals surface area contributed by atoms with E-state index in [1.807, 2.05) is 0 Å². The quantitative estimate of drug-likeness (QED) is 0.928. The zero-order valence-corrected chi connectivity index (χ0v) is 10.9. The van der Waals surface area contributed by atoms with E-state index < -0.39 is 17.7 Å². The van der Waals surface area contributed by atoms with Gasteiger partial charge in [0.15, 0.2) is 0 Å². The molecule has 0 aliphatic rings. The number of methoxy groups -OCH3 is 1. The molecule has 1 N–H and O–H groups in total. The normalized spacial score (nSPS) is 11.2. The topological polar surface area (TPSA) is 46.5 Å². The average molecular weight is 296 g/mol. The fraction of sp³-hybridized carbons (Fsp3) is 0.133. The molecule has 0 bridgehead atoms. The van der Waals surface area contributed by atoms with E-state index in [1.165, 1.54) is 37.4 Å². The first-order valence-corrected chi connectivity index (χ1v) is 5.92. The van der Waals surface area contributed by atoms with Crippen LogP contribution in [0.15, 0.2) is 42.5 Å². The molecule has 2 rings (SSSR count). The molecule has 0 radical (unpaired) electrons. The number of rotatable bonds is 3. The molecule has 2 aromatic rings. The zero-order chi connectivity index (χ0) is 15.6. The van der Waals surface area contributed by atoms with E-state index in [9.17, 15) is 18.0 Å². The predicted molar refractivity (Wildman–Crippen MR) is 70.4 cm³/mol. The highest BCUT2D eigenvalue weighted by molar-refractivity contribution is 5.89. The largest absolute Gasteiger partial charge is 0.496 e. The van der Waals surface area contributed by atoms with Crippen molar-refractivity contribution in [1.29, 1.82) is 0 Å². The van der Waals surface area contributed by atoms with Gasteiger partial charge in [-0.25, -0.2) is 4.79 Å². The zero-order valence-electron chi connectivity index (χ0n) is 10.9. The molecule has 0 aliphatic carbocycles. The highest BCUT2D eigenvalue weighted by Gasteiger charge is 2.30. The first-order valence-electron chi connectivity index (χ1n) is 5.92. The Bertz CT molecular complexity index is 661. The highest BCUT2D eigenvalue weighted by atomic mass is 19.4. The summed E-state index contributed by atoms with van der Waals surface area (Å²) >= 11 is 0. The van der Waals surface area contributed by atoms with Crippen molar-refractivity contribution in [3.05, 3.63) is 53.6 Å². The van der Waals surface area contributed by atoms with Crippen LogP contribution in [-0.2, 0) is 6.18 Å². The lowest BCUT2D eigenvalue weighted by atomic mass is 10.0. The maximum atomic E-state index is 12.5. The number of carboxylic acids is 1. The predicted octanol–water partition coefficient (Wildman–Crippen LogP) is 4.08. The van der Waals surface area contributed by atoms with Crippen molar-refractivity contribution in [3.8, 4) is 16.9 Å². The summed E-state index contributed by atoms with van der Waals surface area (Å²) in [5, 5.41) is 8.91. The average Bonchev–Trinajstić information content (AvgIpc) is 2.45. The van der Waals surface area contributed by atoms with E-state index in [4.69, 9.17) is 9.84 Å². The van der Waals surface area contributed by atoms with Crippen LogP contribution < -0.4 is 4.74 Å². The third kappa shape index (κ3) is 3.16. The summed E-state index contributed by atoms with van der Waals surface area (Å²) in [7, 11) is 1.37. The summed E-state index contributed by atoms with van der Waals surface area (Å²) < 4.78 is 42.7. The van der Waals surface area contributed by atoms with Crippen LogP contribution in [-0.4, -0.2) is 18.2 Å². The third-order valence-electron chi connectivity index (χ3n) is 2.97. The highest BCUT2D eigenvalue weighted by Crippen LogP contribution is 2.34. The Labute approximate surface area is 118 Å². The molecule has 0 fully saturated rings. The van der Waals surface area contributed by atoms with Crippen molar-refractivity contribution in [2.75, 3.05) is 7.11 Å². The van der Waals surface area contributed by atoms with Crippen molar-refractivity contribution in [3.63, 3.8) is 0 Å². The second-order valence-corrected chi connectivity index (χ2v) is 4.30. The van der Waals surface area contributed by atoms with Crippen LogP contribution >= 0.6 is 0 Å². The number of hydrogen-bond donors (Lipinski definition) is 1. The van der Waals surface area contributed by atoms with Crippen molar-refractivity contribution in [2.45, 2.75) is 6.18 Å². The van der Waals surface area contributed by atoms with E-state index in [-0.39, 0.29) is 11.3 Å². The van der Waals surface area contributed by atoms with Gasteiger partial charge in [0.1, 0.15) is 5.75 Å². The fourth-order valence-corrected chi connectivity index (χ4v) is 1.90. The van der Waals surface area contributed by atoms with Gasteiger partial charge in [-0.05, 0) is 35.9 Å². The minimum Gasteiger partial charge on any atom is -0.496 e. The van der Waals surface area contributed by atoms with E-state index >= 15 is 0 Å². The molecule has 0 unspecified atom stereocenters. The van der Waals surface area contributed by atoms with E-state index in [0.717, 1.165) is 12.1 Å². The van der Waals surface area contributed by atoms with Gasteiger partial charge in [-0.15, -0.1) is 0 Å². The molecule has 3 nitrogen and oxygen atoms in total. The minimum absolute atomic E-state index is 0.0440. The van der Waals surface area contributed by atoms with Crippen LogP contribution in [0.1, 0.15) is 15.9 Å². The second kappa shape index (κ2) is 5.47. The first-order chi connectivity index (χ1) is 9.82. The number of benzene rings is 2. The summed E-state index contributed by atoms with van der Waals surface area (Å²) in [6.45, 7) is 0. The van der Waals surface area contributed by atoms with Crippen molar-refractivity contribution >= 4 is 5.97 Å². The SMILES string of the molecule is COc1cc(C(=O)O)ccc1-c1ccc(C(F)(F)F)cc1. The Morgan fingerprint density at radius 2 is 1.71 bits per heavy atom. The maximum absolute atomic E-state index is 12.5. The van der Waals surface area contributed by atoms with Crippen LogP contribution in [0.5, 0.6) is 5.75 Å². The number of hydrogen-bond acceptors (Lipinski definition) is 2. The second-order valence-electron chi connectivity index (χ2n) is 4.30. The smallest absolute Gasteiger partial charge is 0.416 e. The van der Waals surface area contributed by atoms with Gasteiger partial charge in [0, 0.05) is 5.56 Å². The van der Waals surface area contributed by atoms with Crippen LogP contribution in [0.2, 0.25) is 0 Å². The minimum atomic E-state index is -4.39. The maximum Gasteiger partial charge on any atom is 0.416 e. The summed E-state index contributed by atoms with van der Waals surface area (Å²) in [5.41, 5.74) is 0.336. The van der Waals surface area contributed by atoms with Gasteiger partial charge >= 0.3 is 12.1 Å². The van der Waals surface area contributed by atoms with Gasteiger partial charge in [-0.3, -0.25) is 0 Å². The van der Waals surface area contributed by atoms with Crippen molar-refractivity contribution in [2.24, 2.45) is 0 Å². The molecule has 110 valence electrons. The molecule has 0 aromatic heterocycles. The molecule has 6 heteroatoms. The van der Waals surface area contributed by atoms with Gasteiger partial charge in [0.25, 0.3) is 0 Å². The molecular weight excluding hydrogens is 285 g/mol. The van der Waals surface area contributed by atoms with Crippen LogP contribution in [0, 0.1) is 0 Å². The lowest BCUT2D eigenvalue weighted by molar-refractivity contribution is -0.137. The number of carbonyl (C=O) groups is 1. The summed E-state index contributed by atoms with van der Waals surface area (Å²) in [6.07, 6.45) is -4.39. The summed E-state index contributed by atoms with van der Waals surface area (Å²) in [4.78, 5) is 10.9. The third-order valence-corrected chi connectivity index (χ3v) is 2.97. The van der Waals surface area contributed by atoms with Gasteiger partial charge in [0.05, 0.1) is 18.2 Å². The number of carboxylic acid groups (broad SMARTS) is 1. The molecule has 0 spiro atoms. The lowest BCUT2D eigenvalue weighted by Crippen LogP contribution is -2.04. The standard InChI is InChI=1S/C15H11F3O3/c1-21-13-8-10(14(19)20)4-7-12(13)9-2-5-11(6-3-9)15(16,17)18/h2-8H,1H3,(H,19,20). The Morgan fingerprint density at radius 3 is 2.19 bits per heavy atom. The van der Waals surface area contributed by atoms with E-state index in [2.05, 4.69) is 0 Å². The monoisotopic (exact) mass is 296 g/mol.